The van der Waals surface area contributed by atoms with Crippen molar-refractivity contribution >= 4 is 27.6 Å². The lowest BCUT2D eigenvalue weighted by Gasteiger charge is -2.19. The van der Waals surface area contributed by atoms with E-state index in [-0.39, 0.29) is 0 Å². The Bertz CT molecular complexity index is 554. The van der Waals surface area contributed by atoms with Crippen LogP contribution in [-0.2, 0) is 0 Å². The first-order valence-electron chi connectivity index (χ1n) is 9.30. The van der Waals surface area contributed by atoms with Gasteiger partial charge in [0.25, 0.3) is 0 Å². The van der Waals surface area contributed by atoms with Crippen molar-refractivity contribution in [3.63, 3.8) is 0 Å². The summed E-state index contributed by atoms with van der Waals surface area (Å²) in [6.45, 7) is 6.20. The van der Waals surface area contributed by atoms with Crippen LogP contribution in [0.3, 0.4) is 0 Å². The molecule has 0 spiro atoms. The third-order valence-corrected chi connectivity index (χ3v) is 5.50. The SMILES string of the molecule is CCNC(=NCC1CCN(c2cccc(Br)c2)C1)NC1CCCC1. The molecule has 1 unspecified atom stereocenters. The molecule has 1 atom stereocenters. The van der Waals surface area contributed by atoms with E-state index in [2.05, 4.69) is 62.7 Å². The first kappa shape index (κ1) is 17.6. The highest BCUT2D eigenvalue weighted by Gasteiger charge is 2.23. The van der Waals surface area contributed by atoms with Crippen LogP contribution in [0.2, 0.25) is 0 Å². The zero-order valence-electron chi connectivity index (χ0n) is 14.6. The Morgan fingerprint density at radius 2 is 2.12 bits per heavy atom. The van der Waals surface area contributed by atoms with Crippen molar-refractivity contribution in [3.8, 4) is 0 Å². The van der Waals surface area contributed by atoms with Gasteiger partial charge in [0.05, 0.1) is 0 Å². The van der Waals surface area contributed by atoms with Crippen LogP contribution in [0.4, 0.5) is 5.69 Å². The van der Waals surface area contributed by atoms with Gasteiger partial charge < -0.3 is 15.5 Å². The first-order valence-corrected chi connectivity index (χ1v) is 10.1. The molecule has 2 fully saturated rings. The van der Waals surface area contributed by atoms with E-state index in [1.165, 1.54) is 37.8 Å². The van der Waals surface area contributed by atoms with Crippen molar-refractivity contribution in [1.29, 1.82) is 0 Å². The molecular formula is C19H29BrN4. The molecule has 1 aromatic rings. The number of halogens is 1. The average Bonchev–Trinajstić information content (AvgIpc) is 3.24. The Morgan fingerprint density at radius 1 is 1.29 bits per heavy atom. The summed E-state index contributed by atoms with van der Waals surface area (Å²) in [7, 11) is 0. The van der Waals surface area contributed by atoms with Crippen LogP contribution in [0.5, 0.6) is 0 Å². The molecule has 1 aliphatic carbocycles. The summed E-state index contributed by atoms with van der Waals surface area (Å²) in [6, 6.07) is 9.21. The number of rotatable bonds is 5. The predicted octanol–water partition coefficient (Wildman–Crippen LogP) is 3.77. The zero-order valence-corrected chi connectivity index (χ0v) is 16.2. The normalized spacial score (nSPS) is 22.2. The fourth-order valence-electron chi connectivity index (χ4n) is 3.69. The van der Waals surface area contributed by atoms with Gasteiger partial charge in [-0.15, -0.1) is 0 Å². The van der Waals surface area contributed by atoms with Gasteiger partial charge in [-0.2, -0.15) is 0 Å². The minimum atomic E-state index is 0.615. The van der Waals surface area contributed by atoms with Crippen LogP contribution in [0.1, 0.15) is 39.0 Å². The molecule has 0 radical (unpaired) electrons. The van der Waals surface area contributed by atoms with Crippen LogP contribution < -0.4 is 15.5 Å². The monoisotopic (exact) mass is 392 g/mol. The van der Waals surface area contributed by atoms with Gasteiger partial charge >= 0.3 is 0 Å². The molecule has 1 aromatic carbocycles. The maximum absolute atomic E-state index is 4.86. The highest BCUT2D eigenvalue weighted by Crippen LogP contribution is 2.26. The lowest BCUT2D eigenvalue weighted by Crippen LogP contribution is -2.42. The standard InChI is InChI=1S/C19H29BrN4/c1-2-21-19(23-17-7-3-4-8-17)22-13-15-10-11-24(14-15)18-9-5-6-16(20)12-18/h5-6,9,12,15,17H,2-4,7-8,10-11,13-14H2,1H3,(H2,21,22,23). The lowest BCUT2D eigenvalue weighted by atomic mass is 10.1. The zero-order chi connectivity index (χ0) is 16.8. The first-order chi connectivity index (χ1) is 11.7. The van der Waals surface area contributed by atoms with E-state index in [9.17, 15) is 0 Å². The summed E-state index contributed by atoms with van der Waals surface area (Å²) in [5.41, 5.74) is 1.31. The van der Waals surface area contributed by atoms with Crippen molar-refractivity contribution in [3.05, 3.63) is 28.7 Å². The molecule has 1 saturated heterocycles. The molecule has 0 bridgehead atoms. The van der Waals surface area contributed by atoms with Crippen molar-refractivity contribution in [2.75, 3.05) is 31.1 Å². The predicted molar refractivity (Wildman–Crippen MR) is 106 cm³/mol. The van der Waals surface area contributed by atoms with E-state index in [0.717, 1.165) is 36.6 Å². The van der Waals surface area contributed by atoms with Gasteiger partial charge in [0.1, 0.15) is 0 Å². The van der Waals surface area contributed by atoms with Gasteiger partial charge in [0.2, 0.25) is 0 Å². The maximum Gasteiger partial charge on any atom is 0.191 e. The Morgan fingerprint density at radius 3 is 2.88 bits per heavy atom. The van der Waals surface area contributed by atoms with Gasteiger partial charge in [-0.25, -0.2) is 0 Å². The molecule has 0 amide bonds. The van der Waals surface area contributed by atoms with Gasteiger partial charge in [0.15, 0.2) is 5.96 Å². The Kier molecular flexibility index (Phi) is 6.41. The molecule has 0 aromatic heterocycles. The Labute approximate surface area is 154 Å². The summed E-state index contributed by atoms with van der Waals surface area (Å²) in [4.78, 5) is 7.34. The van der Waals surface area contributed by atoms with Crippen LogP contribution in [-0.4, -0.2) is 38.2 Å². The molecule has 3 rings (SSSR count). The van der Waals surface area contributed by atoms with E-state index >= 15 is 0 Å². The fraction of sp³-hybridized carbons (Fsp3) is 0.632. The van der Waals surface area contributed by atoms with Gasteiger partial charge in [0, 0.05) is 42.4 Å². The minimum Gasteiger partial charge on any atom is -0.371 e. The summed E-state index contributed by atoms with van der Waals surface area (Å²) < 4.78 is 1.15. The second-order valence-electron chi connectivity index (χ2n) is 6.93. The number of hydrogen-bond donors (Lipinski definition) is 2. The smallest absolute Gasteiger partial charge is 0.191 e. The molecule has 5 heteroatoms. The van der Waals surface area contributed by atoms with E-state index in [4.69, 9.17) is 4.99 Å². The third kappa shape index (κ3) is 4.88. The third-order valence-electron chi connectivity index (χ3n) is 5.01. The average molecular weight is 393 g/mol. The lowest BCUT2D eigenvalue weighted by molar-refractivity contribution is 0.584. The van der Waals surface area contributed by atoms with E-state index < -0.39 is 0 Å². The van der Waals surface area contributed by atoms with Crippen molar-refractivity contribution < 1.29 is 0 Å². The second-order valence-corrected chi connectivity index (χ2v) is 7.84. The number of nitrogens with one attached hydrogen (secondary N) is 2. The fourth-order valence-corrected chi connectivity index (χ4v) is 4.08. The van der Waals surface area contributed by atoms with E-state index in [1.54, 1.807) is 0 Å². The van der Waals surface area contributed by atoms with Gasteiger partial charge in [-0.1, -0.05) is 34.8 Å². The largest absolute Gasteiger partial charge is 0.371 e. The van der Waals surface area contributed by atoms with Crippen molar-refractivity contribution in [1.82, 2.24) is 10.6 Å². The molecule has 2 aliphatic rings. The number of nitrogens with zero attached hydrogens (tertiary/aromatic N) is 2. The Balaban J connectivity index is 1.53. The number of anilines is 1. The van der Waals surface area contributed by atoms with E-state index in [0.29, 0.717) is 12.0 Å². The molecule has 1 saturated carbocycles. The van der Waals surface area contributed by atoms with Crippen molar-refractivity contribution in [2.24, 2.45) is 10.9 Å². The molecule has 132 valence electrons. The summed E-state index contributed by atoms with van der Waals surface area (Å²) >= 11 is 3.57. The molecule has 4 nitrogen and oxygen atoms in total. The highest BCUT2D eigenvalue weighted by molar-refractivity contribution is 9.10. The summed E-state index contributed by atoms with van der Waals surface area (Å²) in [5.74, 6) is 1.65. The summed E-state index contributed by atoms with van der Waals surface area (Å²) in [5, 5.41) is 7.01. The molecule has 24 heavy (non-hydrogen) atoms. The quantitative estimate of drug-likeness (QED) is 0.591. The number of hydrogen-bond acceptors (Lipinski definition) is 2. The highest BCUT2D eigenvalue weighted by atomic mass is 79.9. The minimum absolute atomic E-state index is 0.615. The topological polar surface area (TPSA) is 39.7 Å². The van der Waals surface area contributed by atoms with E-state index in [1.807, 2.05) is 0 Å². The number of aliphatic imine (C=N–C) groups is 1. The van der Waals surface area contributed by atoms with Crippen LogP contribution in [0, 0.1) is 5.92 Å². The van der Waals surface area contributed by atoms with Gasteiger partial charge in [-0.3, -0.25) is 4.99 Å². The van der Waals surface area contributed by atoms with Crippen molar-refractivity contribution in [2.45, 2.75) is 45.1 Å². The number of guanidine groups is 1. The van der Waals surface area contributed by atoms with Crippen LogP contribution >= 0.6 is 15.9 Å². The second kappa shape index (κ2) is 8.75. The Hall–Kier alpha value is -1.23. The summed E-state index contributed by atoms with van der Waals surface area (Å²) in [6.07, 6.45) is 6.48. The number of benzene rings is 1. The van der Waals surface area contributed by atoms with Crippen LogP contribution in [0.25, 0.3) is 0 Å². The van der Waals surface area contributed by atoms with Crippen LogP contribution in [0.15, 0.2) is 33.7 Å². The molecule has 1 aliphatic heterocycles. The molecule has 2 N–H and O–H groups in total. The maximum atomic E-state index is 4.86. The van der Waals surface area contributed by atoms with Gasteiger partial charge in [-0.05, 0) is 50.3 Å². The molecule has 1 heterocycles. The molecular weight excluding hydrogens is 364 g/mol.